The molecule has 0 aromatic heterocycles. The standard InChI is InChI=1S/C14H11ClO2/c1-17-13(14(15)16)9-10-6-7-11-4-2-3-5-12(11)8-10/h2-9H,1H3/b13-9+. The lowest BCUT2D eigenvalue weighted by molar-refractivity contribution is -0.111. The smallest absolute Gasteiger partial charge is 0.287 e. The fourth-order valence-corrected chi connectivity index (χ4v) is 1.78. The van der Waals surface area contributed by atoms with Crippen molar-refractivity contribution in [2.24, 2.45) is 0 Å². The van der Waals surface area contributed by atoms with Gasteiger partial charge in [0.15, 0.2) is 5.76 Å². The van der Waals surface area contributed by atoms with Crippen LogP contribution < -0.4 is 0 Å². The summed E-state index contributed by atoms with van der Waals surface area (Å²) in [4.78, 5) is 11.0. The van der Waals surface area contributed by atoms with Gasteiger partial charge in [0.2, 0.25) is 0 Å². The van der Waals surface area contributed by atoms with Crippen LogP contribution in [0, 0.1) is 0 Å². The molecular weight excluding hydrogens is 236 g/mol. The molecule has 2 aromatic rings. The number of rotatable bonds is 3. The Morgan fingerprint density at radius 3 is 2.53 bits per heavy atom. The number of fused-ring (bicyclic) bond motifs is 1. The first-order valence-electron chi connectivity index (χ1n) is 5.15. The van der Waals surface area contributed by atoms with E-state index in [1.165, 1.54) is 7.11 Å². The number of benzene rings is 2. The van der Waals surface area contributed by atoms with Crippen LogP contribution in [0.15, 0.2) is 48.2 Å². The molecule has 0 radical (unpaired) electrons. The molecule has 0 atom stereocenters. The second kappa shape index (κ2) is 5.02. The van der Waals surface area contributed by atoms with Gasteiger partial charge in [-0.15, -0.1) is 0 Å². The molecule has 2 aromatic carbocycles. The average Bonchev–Trinajstić information content (AvgIpc) is 2.35. The van der Waals surface area contributed by atoms with E-state index in [2.05, 4.69) is 0 Å². The fourth-order valence-electron chi connectivity index (χ4n) is 1.64. The highest BCUT2D eigenvalue weighted by Crippen LogP contribution is 2.18. The van der Waals surface area contributed by atoms with Crippen molar-refractivity contribution in [1.82, 2.24) is 0 Å². The molecule has 0 bridgehead atoms. The minimum Gasteiger partial charge on any atom is -0.492 e. The van der Waals surface area contributed by atoms with E-state index < -0.39 is 5.24 Å². The molecule has 86 valence electrons. The van der Waals surface area contributed by atoms with E-state index in [0.29, 0.717) is 0 Å². The second-order valence-electron chi connectivity index (χ2n) is 3.59. The van der Waals surface area contributed by atoms with Gasteiger partial charge in [0.25, 0.3) is 5.24 Å². The number of allylic oxidation sites excluding steroid dienone is 1. The molecule has 0 saturated heterocycles. The Balaban J connectivity index is 2.46. The third-order valence-corrected chi connectivity index (χ3v) is 2.67. The lowest BCUT2D eigenvalue weighted by Crippen LogP contribution is -1.95. The van der Waals surface area contributed by atoms with Crippen LogP contribution in [0.3, 0.4) is 0 Å². The van der Waals surface area contributed by atoms with Gasteiger partial charge in [0.1, 0.15) is 0 Å². The molecule has 2 rings (SSSR count). The lowest BCUT2D eigenvalue weighted by Gasteiger charge is -2.02. The number of hydrogen-bond acceptors (Lipinski definition) is 2. The molecule has 0 aliphatic heterocycles. The topological polar surface area (TPSA) is 26.3 Å². The zero-order valence-corrected chi connectivity index (χ0v) is 10.1. The van der Waals surface area contributed by atoms with Gasteiger partial charge in [-0.25, -0.2) is 0 Å². The molecule has 0 heterocycles. The summed E-state index contributed by atoms with van der Waals surface area (Å²) in [5.41, 5.74) is 0.884. The number of methoxy groups -OCH3 is 1. The molecule has 0 spiro atoms. The van der Waals surface area contributed by atoms with Gasteiger partial charge in [-0.05, 0) is 40.1 Å². The van der Waals surface area contributed by atoms with E-state index >= 15 is 0 Å². The van der Waals surface area contributed by atoms with Crippen LogP contribution in [0.25, 0.3) is 16.8 Å². The zero-order chi connectivity index (χ0) is 12.3. The number of hydrogen-bond donors (Lipinski definition) is 0. The van der Waals surface area contributed by atoms with Crippen molar-refractivity contribution in [3.05, 3.63) is 53.8 Å². The van der Waals surface area contributed by atoms with Crippen LogP contribution in [-0.2, 0) is 9.53 Å². The van der Waals surface area contributed by atoms with Gasteiger partial charge in [-0.3, -0.25) is 4.79 Å². The van der Waals surface area contributed by atoms with Crippen molar-refractivity contribution in [3.63, 3.8) is 0 Å². The predicted octanol–water partition coefficient (Wildman–Crippen LogP) is 3.59. The quantitative estimate of drug-likeness (QED) is 0.470. The number of carbonyl (C=O) groups excluding carboxylic acids is 1. The highest BCUT2D eigenvalue weighted by Gasteiger charge is 2.05. The molecule has 0 amide bonds. The molecule has 0 aliphatic carbocycles. The van der Waals surface area contributed by atoms with Crippen molar-refractivity contribution in [1.29, 1.82) is 0 Å². The van der Waals surface area contributed by atoms with Gasteiger partial charge in [-0.2, -0.15) is 0 Å². The van der Waals surface area contributed by atoms with Crippen LogP contribution in [-0.4, -0.2) is 12.4 Å². The van der Waals surface area contributed by atoms with Gasteiger partial charge in [-0.1, -0.05) is 36.4 Å². The van der Waals surface area contributed by atoms with Crippen molar-refractivity contribution in [3.8, 4) is 0 Å². The summed E-state index contributed by atoms with van der Waals surface area (Å²) in [6.45, 7) is 0. The summed E-state index contributed by atoms with van der Waals surface area (Å²) < 4.78 is 4.91. The van der Waals surface area contributed by atoms with E-state index in [1.807, 2.05) is 42.5 Å². The van der Waals surface area contributed by atoms with E-state index in [0.717, 1.165) is 16.3 Å². The second-order valence-corrected chi connectivity index (χ2v) is 3.94. The fraction of sp³-hybridized carbons (Fsp3) is 0.0714. The van der Waals surface area contributed by atoms with Gasteiger partial charge >= 0.3 is 0 Å². The summed E-state index contributed by atoms with van der Waals surface area (Å²) in [7, 11) is 1.42. The maximum Gasteiger partial charge on any atom is 0.287 e. The summed E-state index contributed by atoms with van der Waals surface area (Å²) in [6, 6.07) is 13.9. The molecule has 17 heavy (non-hydrogen) atoms. The minimum atomic E-state index is -0.597. The first-order valence-corrected chi connectivity index (χ1v) is 5.53. The average molecular weight is 247 g/mol. The first-order chi connectivity index (χ1) is 8.20. The molecule has 0 saturated carbocycles. The van der Waals surface area contributed by atoms with Gasteiger partial charge in [0, 0.05) is 0 Å². The Bertz CT molecular complexity index is 588. The molecule has 2 nitrogen and oxygen atoms in total. The lowest BCUT2D eigenvalue weighted by atomic mass is 10.1. The molecule has 0 fully saturated rings. The van der Waals surface area contributed by atoms with Crippen molar-refractivity contribution >= 4 is 33.7 Å². The third-order valence-electron chi connectivity index (χ3n) is 2.48. The molecule has 0 aliphatic rings. The largest absolute Gasteiger partial charge is 0.492 e. The number of ether oxygens (including phenoxy) is 1. The van der Waals surface area contributed by atoms with Crippen molar-refractivity contribution < 1.29 is 9.53 Å². The minimum absolute atomic E-state index is 0.141. The van der Waals surface area contributed by atoms with Crippen LogP contribution in [0.4, 0.5) is 0 Å². The van der Waals surface area contributed by atoms with Crippen molar-refractivity contribution in [2.45, 2.75) is 0 Å². The summed E-state index contributed by atoms with van der Waals surface area (Å²) in [5.74, 6) is 0.141. The number of carbonyl (C=O) groups is 1. The van der Waals surface area contributed by atoms with Crippen LogP contribution >= 0.6 is 11.6 Å². The van der Waals surface area contributed by atoms with E-state index in [1.54, 1.807) is 6.08 Å². The van der Waals surface area contributed by atoms with Crippen molar-refractivity contribution in [2.75, 3.05) is 7.11 Å². The Kier molecular flexibility index (Phi) is 3.45. The summed E-state index contributed by atoms with van der Waals surface area (Å²) >= 11 is 5.38. The molecule has 0 N–H and O–H groups in total. The summed E-state index contributed by atoms with van der Waals surface area (Å²) in [5, 5.41) is 1.67. The van der Waals surface area contributed by atoms with E-state index in [9.17, 15) is 4.79 Å². The Morgan fingerprint density at radius 2 is 1.88 bits per heavy atom. The first kappa shape index (κ1) is 11.7. The normalized spacial score (nSPS) is 11.5. The van der Waals surface area contributed by atoms with E-state index in [4.69, 9.17) is 16.3 Å². The van der Waals surface area contributed by atoms with Crippen LogP contribution in [0.5, 0.6) is 0 Å². The molecular formula is C14H11ClO2. The monoisotopic (exact) mass is 246 g/mol. The maximum absolute atomic E-state index is 11.0. The Morgan fingerprint density at radius 1 is 1.18 bits per heavy atom. The number of halogens is 1. The van der Waals surface area contributed by atoms with E-state index in [-0.39, 0.29) is 5.76 Å². The third kappa shape index (κ3) is 2.66. The van der Waals surface area contributed by atoms with Gasteiger partial charge < -0.3 is 4.74 Å². The zero-order valence-electron chi connectivity index (χ0n) is 9.31. The predicted molar refractivity (Wildman–Crippen MR) is 69.8 cm³/mol. The Labute approximate surface area is 104 Å². The van der Waals surface area contributed by atoms with Gasteiger partial charge in [0.05, 0.1) is 7.11 Å². The highest BCUT2D eigenvalue weighted by molar-refractivity contribution is 6.67. The summed E-state index contributed by atoms with van der Waals surface area (Å²) in [6.07, 6.45) is 1.63. The highest BCUT2D eigenvalue weighted by atomic mass is 35.5. The molecule has 0 unspecified atom stereocenters. The SMILES string of the molecule is CO/C(=C/c1ccc2ccccc2c1)C(=O)Cl. The Hall–Kier alpha value is -1.80. The maximum atomic E-state index is 11.0. The van der Waals surface area contributed by atoms with Crippen LogP contribution in [0.1, 0.15) is 5.56 Å². The molecule has 3 heteroatoms. The van der Waals surface area contributed by atoms with Crippen LogP contribution in [0.2, 0.25) is 0 Å².